The fraction of sp³-hybridized carbons (Fsp3) is 0.600. The second kappa shape index (κ2) is 6.18. The Morgan fingerprint density at radius 3 is 2.88 bits per heavy atom. The zero-order chi connectivity index (χ0) is 12.1. The van der Waals surface area contributed by atoms with Crippen molar-refractivity contribution in [3.05, 3.63) is 35.4 Å². The molecule has 1 unspecified atom stereocenters. The number of hydrogen-bond acceptors (Lipinski definition) is 2. The SMILES string of the molecule is CCc1cccc(CCN2CCC(CN)C2)c1. The molecular weight excluding hydrogens is 208 g/mol. The topological polar surface area (TPSA) is 29.3 Å². The third-order valence-corrected chi connectivity index (χ3v) is 3.82. The van der Waals surface area contributed by atoms with Crippen molar-refractivity contribution < 1.29 is 0 Å². The third kappa shape index (κ3) is 3.55. The molecule has 1 heterocycles. The summed E-state index contributed by atoms with van der Waals surface area (Å²) in [5.41, 5.74) is 8.64. The fourth-order valence-electron chi connectivity index (χ4n) is 2.60. The number of hydrogen-bond donors (Lipinski definition) is 1. The van der Waals surface area contributed by atoms with Crippen LogP contribution in [0.2, 0.25) is 0 Å². The smallest absolute Gasteiger partial charge is 0.00223 e. The van der Waals surface area contributed by atoms with Crippen molar-refractivity contribution >= 4 is 0 Å². The maximum absolute atomic E-state index is 5.71. The quantitative estimate of drug-likeness (QED) is 0.842. The Bertz CT molecular complexity index is 349. The molecule has 0 spiro atoms. The van der Waals surface area contributed by atoms with Gasteiger partial charge in [0, 0.05) is 13.1 Å². The summed E-state index contributed by atoms with van der Waals surface area (Å²) >= 11 is 0. The van der Waals surface area contributed by atoms with Gasteiger partial charge in [-0.3, -0.25) is 0 Å². The summed E-state index contributed by atoms with van der Waals surface area (Å²) in [5, 5.41) is 0. The Balaban J connectivity index is 1.81. The minimum atomic E-state index is 0.733. The predicted octanol–water partition coefficient (Wildman–Crippen LogP) is 2.07. The van der Waals surface area contributed by atoms with E-state index in [9.17, 15) is 0 Å². The van der Waals surface area contributed by atoms with Crippen LogP contribution in [-0.4, -0.2) is 31.1 Å². The molecule has 1 aromatic carbocycles. The Labute approximate surface area is 105 Å². The molecule has 1 saturated heterocycles. The Morgan fingerprint density at radius 2 is 2.18 bits per heavy atom. The van der Waals surface area contributed by atoms with Gasteiger partial charge in [-0.25, -0.2) is 0 Å². The number of likely N-dealkylation sites (tertiary alicyclic amines) is 1. The van der Waals surface area contributed by atoms with E-state index in [4.69, 9.17) is 5.73 Å². The van der Waals surface area contributed by atoms with E-state index in [1.54, 1.807) is 0 Å². The number of rotatable bonds is 5. The van der Waals surface area contributed by atoms with Gasteiger partial charge in [0.25, 0.3) is 0 Å². The second-order valence-electron chi connectivity index (χ2n) is 5.11. The van der Waals surface area contributed by atoms with E-state index in [2.05, 4.69) is 36.1 Å². The number of nitrogens with two attached hydrogens (primary N) is 1. The van der Waals surface area contributed by atoms with Crippen molar-refractivity contribution in [1.82, 2.24) is 4.90 Å². The van der Waals surface area contributed by atoms with Gasteiger partial charge in [-0.15, -0.1) is 0 Å². The minimum Gasteiger partial charge on any atom is -0.330 e. The molecule has 0 bridgehead atoms. The molecule has 94 valence electrons. The lowest BCUT2D eigenvalue weighted by Crippen LogP contribution is -2.25. The maximum atomic E-state index is 5.71. The molecule has 0 aromatic heterocycles. The Morgan fingerprint density at radius 1 is 1.35 bits per heavy atom. The highest BCUT2D eigenvalue weighted by molar-refractivity contribution is 5.23. The first-order valence-electron chi connectivity index (χ1n) is 6.82. The molecule has 0 saturated carbocycles. The maximum Gasteiger partial charge on any atom is 0.00223 e. The van der Waals surface area contributed by atoms with E-state index in [-0.39, 0.29) is 0 Å². The predicted molar refractivity (Wildman–Crippen MR) is 73.1 cm³/mol. The average molecular weight is 232 g/mol. The summed E-state index contributed by atoms with van der Waals surface area (Å²) in [6.45, 7) is 6.68. The first kappa shape index (κ1) is 12.6. The minimum absolute atomic E-state index is 0.733. The Kier molecular flexibility index (Phi) is 4.57. The zero-order valence-electron chi connectivity index (χ0n) is 10.9. The van der Waals surface area contributed by atoms with Gasteiger partial charge in [0.2, 0.25) is 0 Å². The third-order valence-electron chi connectivity index (χ3n) is 3.82. The van der Waals surface area contributed by atoms with Gasteiger partial charge in [0.05, 0.1) is 0 Å². The van der Waals surface area contributed by atoms with Crippen LogP contribution in [0.1, 0.15) is 24.5 Å². The highest BCUT2D eigenvalue weighted by atomic mass is 15.1. The van der Waals surface area contributed by atoms with Crippen LogP contribution in [0.15, 0.2) is 24.3 Å². The normalized spacial score (nSPS) is 20.9. The first-order valence-corrected chi connectivity index (χ1v) is 6.82. The van der Waals surface area contributed by atoms with Crippen molar-refractivity contribution in [3.63, 3.8) is 0 Å². The van der Waals surface area contributed by atoms with E-state index in [0.717, 1.165) is 18.9 Å². The first-order chi connectivity index (χ1) is 8.31. The highest BCUT2D eigenvalue weighted by Crippen LogP contribution is 2.15. The van der Waals surface area contributed by atoms with Gasteiger partial charge in [-0.1, -0.05) is 31.2 Å². The second-order valence-corrected chi connectivity index (χ2v) is 5.11. The molecule has 1 aromatic rings. The van der Waals surface area contributed by atoms with Crippen LogP contribution in [0, 0.1) is 5.92 Å². The van der Waals surface area contributed by atoms with E-state index in [1.165, 1.54) is 43.6 Å². The van der Waals surface area contributed by atoms with Gasteiger partial charge in [-0.2, -0.15) is 0 Å². The van der Waals surface area contributed by atoms with Crippen LogP contribution >= 0.6 is 0 Å². The van der Waals surface area contributed by atoms with E-state index in [0.29, 0.717) is 0 Å². The molecule has 1 fully saturated rings. The summed E-state index contributed by atoms with van der Waals surface area (Å²) in [6.07, 6.45) is 3.59. The lowest BCUT2D eigenvalue weighted by Gasteiger charge is -2.15. The molecule has 2 N–H and O–H groups in total. The molecule has 1 atom stereocenters. The summed E-state index contributed by atoms with van der Waals surface area (Å²) in [4.78, 5) is 2.55. The lowest BCUT2D eigenvalue weighted by molar-refractivity contribution is 0.329. The molecule has 0 amide bonds. The number of aryl methyl sites for hydroxylation is 1. The summed E-state index contributed by atoms with van der Waals surface area (Å²) in [7, 11) is 0. The molecular formula is C15H24N2. The van der Waals surface area contributed by atoms with Crippen LogP contribution in [0.3, 0.4) is 0 Å². The molecule has 2 rings (SSSR count). The Hall–Kier alpha value is -0.860. The number of nitrogens with zero attached hydrogens (tertiary/aromatic N) is 1. The molecule has 1 aliphatic rings. The zero-order valence-corrected chi connectivity index (χ0v) is 10.9. The van der Waals surface area contributed by atoms with Gasteiger partial charge in [-0.05, 0) is 49.4 Å². The standard InChI is InChI=1S/C15H24N2/c1-2-13-4-3-5-14(10-13)6-8-17-9-7-15(11-16)12-17/h3-5,10,15H,2,6-9,11-12,16H2,1H3. The molecule has 1 aliphatic heterocycles. The number of benzene rings is 1. The van der Waals surface area contributed by atoms with Gasteiger partial charge < -0.3 is 10.6 Å². The molecule has 0 aliphatic carbocycles. The van der Waals surface area contributed by atoms with Crippen molar-refractivity contribution in [2.45, 2.75) is 26.2 Å². The van der Waals surface area contributed by atoms with Crippen molar-refractivity contribution in [2.75, 3.05) is 26.2 Å². The monoisotopic (exact) mass is 232 g/mol. The largest absolute Gasteiger partial charge is 0.330 e. The molecule has 2 heteroatoms. The molecule has 0 radical (unpaired) electrons. The van der Waals surface area contributed by atoms with E-state index in [1.807, 2.05) is 0 Å². The highest BCUT2D eigenvalue weighted by Gasteiger charge is 2.20. The van der Waals surface area contributed by atoms with Gasteiger partial charge in [0.1, 0.15) is 0 Å². The van der Waals surface area contributed by atoms with Crippen molar-refractivity contribution in [3.8, 4) is 0 Å². The van der Waals surface area contributed by atoms with Crippen LogP contribution < -0.4 is 5.73 Å². The van der Waals surface area contributed by atoms with Crippen molar-refractivity contribution in [2.24, 2.45) is 11.7 Å². The fourth-order valence-corrected chi connectivity index (χ4v) is 2.60. The summed E-state index contributed by atoms with van der Waals surface area (Å²) in [6, 6.07) is 8.98. The van der Waals surface area contributed by atoms with Crippen LogP contribution in [0.25, 0.3) is 0 Å². The van der Waals surface area contributed by atoms with E-state index >= 15 is 0 Å². The van der Waals surface area contributed by atoms with Gasteiger partial charge in [0.15, 0.2) is 0 Å². The average Bonchev–Trinajstić information content (AvgIpc) is 2.84. The molecule has 2 nitrogen and oxygen atoms in total. The van der Waals surface area contributed by atoms with E-state index < -0.39 is 0 Å². The summed E-state index contributed by atoms with van der Waals surface area (Å²) in [5.74, 6) is 0.733. The van der Waals surface area contributed by atoms with Crippen LogP contribution in [0.4, 0.5) is 0 Å². The van der Waals surface area contributed by atoms with Crippen LogP contribution in [0.5, 0.6) is 0 Å². The molecule has 17 heavy (non-hydrogen) atoms. The van der Waals surface area contributed by atoms with Crippen LogP contribution in [-0.2, 0) is 12.8 Å². The lowest BCUT2D eigenvalue weighted by atomic mass is 10.1. The summed E-state index contributed by atoms with van der Waals surface area (Å²) < 4.78 is 0. The van der Waals surface area contributed by atoms with Crippen molar-refractivity contribution in [1.29, 1.82) is 0 Å². The van der Waals surface area contributed by atoms with Gasteiger partial charge >= 0.3 is 0 Å².